The molecule has 4 aliphatic rings. The molecule has 0 spiro atoms. The highest BCUT2D eigenvalue weighted by molar-refractivity contribution is 6.15. The first-order chi connectivity index (χ1) is 26.5. The van der Waals surface area contributed by atoms with Gasteiger partial charge in [-0.15, -0.1) is 0 Å². The highest BCUT2D eigenvalue weighted by Gasteiger charge is 2.38. The molecule has 4 aromatic rings. The van der Waals surface area contributed by atoms with Crippen molar-refractivity contribution in [2.24, 2.45) is 10.4 Å². The van der Waals surface area contributed by atoms with Gasteiger partial charge in [0.05, 0.1) is 37.6 Å². The van der Waals surface area contributed by atoms with Crippen LogP contribution in [0, 0.1) is 12.3 Å². The van der Waals surface area contributed by atoms with Crippen molar-refractivity contribution in [2.75, 3.05) is 30.1 Å². The number of methoxy groups -OCH3 is 1. The van der Waals surface area contributed by atoms with Crippen molar-refractivity contribution in [3.63, 3.8) is 0 Å². The molecule has 0 saturated heterocycles. The third kappa shape index (κ3) is 7.24. The maximum absolute atomic E-state index is 14.1. The number of nitrogens with zero attached hydrogens (tertiary/aromatic N) is 3. The molecule has 0 unspecified atom stereocenters. The zero-order valence-corrected chi connectivity index (χ0v) is 32.4. The predicted molar refractivity (Wildman–Crippen MR) is 215 cm³/mol. The number of amides is 2. The van der Waals surface area contributed by atoms with Gasteiger partial charge in [0.1, 0.15) is 11.5 Å². The van der Waals surface area contributed by atoms with Crippen LogP contribution >= 0.6 is 0 Å². The molecule has 4 heterocycles. The largest absolute Gasteiger partial charge is 0.493 e. The molecule has 0 fully saturated rings. The summed E-state index contributed by atoms with van der Waals surface area (Å²) in [5.74, 6) is 1.96. The quantitative estimate of drug-likeness (QED) is 0.143. The Balaban J connectivity index is 0.888. The first kappa shape index (κ1) is 36.5. The van der Waals surface area contributed by atoms with Gasteiger partial charge in [0.25, 0.3) is 11.8 Å². The minimum atomic E-state index is -0.131. The Hall–Kier alpha value is -5.44. The standard InChI is InChI=1S/C46H49N3O6/c1-28-19-36-30(12-13-33-23-32-20-29(11-14-40(32)48(33)44(36)51)21-35(50)15-16-46(2,3)4)24-41(28)54-17-8-18-55-43-26-38-37(25-42(43)53-5)45(52)49-34(27-47-38)22-31-9-6-7-10-39(31)49/h6-7,9-11,14,19-20,24-27,33-34H,8,12-13,15-18,21-23H2,1-5H3/t33-,34+/m1/s1. The van der Waals surface area contributed by atoms with Gasteiger partial charge in [-0.1, -0.05) is 51.1 Å². The predicted octanol–water partition coefficient (Wildman–Crippen LogP) is 8.59. The molecule has 9 heteroatoms. The smallest absolute Gasteiger partial charge is 0.261 e. The molecule has 4 aliphatic heterocycles. The third-order valence-electron chi connectivity index (χ3n) is 11.3. The van der Waals surface area contributed by atoms with E-state index in [1.165, 1.54) is 0 Å². The second-order valence-corrected chi connectivity index (χ2v) is 16.5. The van der Waals surface area contributed by atoms with Crippen LogP contribution in [0.15, 0.2) is 71.7 Å². The number of carbonyl (C=O) groups is 3. The summed E-state index contributed by atoms with van der Waals surface area (Å²) in [5.41, 5.74) is 9.02. The van der Waals surface area contributed by atoms with Gasteiger partial charge in [0.15, 0.2) is 11.5 Å². The Kier molecular flexibility index (Phi) is 9.74. The minimum absolute atomic E-state index is 0.0271. The molecule has 8 rings (SSSR count). The number of para-hydroxylation sites is 1. The summed E-state index contributed by atoms with van der Waals surface area (Å²) < 4.78 is 18.1. The molecule has 55 heavy (non-hydrogen) atoms. The number of ketones is 1. The third-order valence-corrected chi connectivity index (χ3v) is 11.3. The minimum Gasteiger partial charge on any atom is -0.493 e. The summed E-state index contributed by atoms with van der Waals surface area (Å²) in [6.45, 7) is 9.27. The maximum atomic E-state index is 14.1. The SMILES string of the molecule is COc1cc2c(cc1OCCCOc1cc3c(cc1C)C(=O)N1c4ccc(CC(=O)CCC(C)(C)C)cc4C[C@H]1CC3)N=C[C@@H]1Cc3ccccc3N1C2=O. The van der Waals surface area contributed by atoms with E-state index in [2.05, 4.69) is 32.9 Å². The number of ether oxygens (including phenoxy) is 3. The summed E-state index contributed by atoms with van der Waals surface area (Å²) in [7, 11) is 1.57. The monoisotopic (exact) mass is 739 g/mol. The lowest BCUT2D eigenvalue weighted by Gasteiger charge is -2.23. The van der Waals surface area contributed by atoms with Gasteiger partial charge < -0.3 is 19.1 Å². The topological polar surface area (TPSA) is 97.7 Å². The van der Waals surface area contributed by atoms with E-state index in [9.17, 15) is 14.4 Å². The number of anilines is 2. The van der Waals surface area contributed by atoms with E-state index in [1.807, 2.05) is 65.4 Å². The van der Waals surface area contributed by atoms with Gasteiger partial charge in [-0.25, -0.2) is 0 Å². The normalized spacial score (nSPS) is 18.1. The molecule has 9 nitrogen and oxygen atoms in total. The highest BCUT2D eigenvalue weighted by atomic mass is 16.5. The zero-order chi connectivity index (χ0) is 38.4. The van der Waals surface area contributed by atoms with Crippen molar-refractivity contribution in [3.8, 4) is 17.2 Å². The van der Waals surface area contributed by atoms with E-state index in [-0.39, 0.29) is 35.1 Å². The zero-order valence-electron chi connectivity index (χ0n) is 32.4. The summed E-state index contributed by atoms with van der Waals surface area (Å²) in [6.07, 6.45) is 7.53. The van der Waals surface area contributed by atoms with Crippen LogP contribution in [0.2, 0.25) is 0 Å². The van der Waals surface area contributed by atoms with Crippen molar-refractivity contribution < 1.29 is 28.6 Å². The van der Waals surface area contributed by atoms with Crippen molar-refractivity contribution in [3.05, 3.63) is 106 Å². The van der Waals surface area contributed by atoms with Crippen LogP contribution in [0.3, 0.4) is 0 Å². The first-order valence-corrected chi connectivity index (χ1v) is 19.5. The van der Waals surface area contributed by atoms with E-state index in [4.69, 9.17) is 19.2 Å². The number of hydrogen-bond acceptors (Lipinski definition) is 7. The fourth-order valence-electron chi connectivity index (χ4n) is 8.38. The lowest BCUT2D eigenvalue weighted by atomic mass is 9.88. The van der Waals surface area contributed by atoms with Gasteiger partial charge in [0.2, 0.25) is 0 Å². The summed E-state index contributed by atoms with van der Waals surface area (Å²) >= 11 is 0. The number of hydrogen-bond donors (Lipinski definition) is 0. The second-order valence-electron chi connectivity index (χ2n) is 16.5. The molecular weight excluding hydrogens is 691 g/mol. The van der Waals surface area contributed by atoms with Crippen molar-refractivity contribution >= 4 is 40.9 Å². The molecular formula is C46H49N3O6. The number of carbonyl (C=O) groups excluding carboxylic acids is 3. The van der Waals surface area contributed by atoms with Crippen molar-refractivity contribution in [2.45, 2.75) is 91.1 Å². The average Bonchev–Trinajstić information content (AvgIpc) is 3.64. The number of rotatable bonds is 11. The Morgan fingerprint density at radius 2 is 1.58 bits per heavy atom. The Morgan fingerprint density at radius 3 is 2.38 bits per heavy atom. The number of aryl methyl sites for hydroxylation is 2. The van der Waals surface area contributed by atoms with E-state index in [0.717, 1.165) is 82.6 Å². The summed E-state index contributed by atoms with van der Waals surface area (Å²) in [4.78, 5) is 49.0. The van der Waals surface area contributed by atoms with Crippen LogP contribution in [0.25, 0.3) is 0 Å². The van der Waals surface area contributed by atoms with E-state index >= 15 is 0 Å². The fourth-order valence-corrected chi connectivity index (χ4v) is 8.38. The van der Waals surface area contributed by atoms with E-state index in [0.29, 0.717) is 55.2 Å². The molecule has 2 atom stereocenters. The molecule has 2 amide bonds. The summed E-state index contributed by atoms with van der Waals surface area (Å²) in [5, 5.41) is 0. The Bertz CT molecular complexity index is 2220. The maximum Gasteiger partial charge on any atom is 0.261 e. The second kappa shape index (κ2) is 14.7. The summed E-state index contributed by atoms with van der Waals surface area (Å²) in [6, 6.07) is 21.6. The number of benzene rings is 4. The lowest BCUT2D eigenvalue weighted by molar-refractivity contribution is -0.118. The molecule has 0 N–H and O–H groups in total. The number of Topliss-reactive ketones (excluding diaryl/α,β-unsaturated/α-hetero) is 1. The number of aliphatic imine (C=N–C) groups is 1. The number of fused-ring (bicyclic) bond motifs is 8. The van der Waals surface area contributed by atoms with E-state index in [1.54, 1.807) is 19.2 Å². The fraction of sp³-hybridized carbons (Fsp3) is 0.391. The van der Waals surface area contributed by atoms with Gasteiger partial charge in [0, 0.05) is 60.9 Å². The average molecular weight is 740 g/mol. The van der Waals surface area contributed by atoms with Crippen LogP contribution in [-0.4, -0.2) is 56.2 Å². The molecule has 0 aromatic heterocycles. The van der Waals surface area contributed by atoms with Gasteiger partial charge in [-0.05, 0) is 96.2 Å². The van der Waals surface area contributed by atoms with Crippen molar-refractivity contribution in [1.82, 2.24) is 0 Å². The molecule has 0 aliphatic carbocycles. The lowest BCUT2D eigenvalue weighted by Crippen LogP contribution is -2.37. The first-order valence-electron chi connectivity index (χ1n) is 19.5. The molecule has 0 saturated carbocycles. The molecule has 284 valence electrons. The van der Waals surface area contributed by atoms with Gasteiger partial charge in [-0.2, -0.15) is 0 Å². The van der Waals surface area contributed by atoms with Gasteiger partial charge in [-0.3, -0.25) is 24.3 Å². The van der Waals surface area contributed by atoms with Crippen LogP contribution in [-0.2, 0) is 30.5 Å². The molecule has 0 bridgehead atoms. The Labute approximate surface area is 323 Å². The molecule has 0 radical (unpaired) electrons. The van der Waals surface area contributed by atoms with Crippen molar-refractivity contribution in [1.29, 1.82) is 0 Å². The van der Waals surface area contributed by atoms with Crippen LogP contribution in [0.1, 0.15) is 95.0 Å². The van der Waals surface area contributed by atoms with E-state index < -0.39 is 0 Å². The van der Waals surface area contributed by atoms with Crippen LogP contribution in [0.5, 0.6) is 17.2 Å². The van der Waals surface area contributed by atoms with Gasteiger partial charge >= 0.3 is 0 Å². The molecule has 4 aromatic carbocycles. The van der Waals surface area contributed by atoms with Crippen LogP contribution < -0.4 is 24.0 Å². The van der Waals surface area contributed by atoms with Crippen LogP contribution in [0.4, 0.5) is 17.1 Å². The highest BCUT2D eigenvalue weighted by Crippen LogP contribution is 2.42. The Morgan fingerprint density at radius 1 is 0.818 bits per heavy atom.